The van der Waals surface area contributed by atoms with Gasteiger partial charge in [-0.15, -0.1) is 0 Å². The molecule has 1 aliphatic heterocycles. The molecule has 6 heteroatoms. The van der Waals surface area contributed by atoms with Crippen molar-refractivity contribution in [2.24, 2.45) is 0 Å². The van der Waals surface area contributed by atoms with Gasteiger partial charge in [0.1, 0.15) is 4.90 Å². The Balaban J connectivity index is 1.82. The molecule has 1 saturated heterocycles. The lowest BCUT2D eigenvalue weighted by Crippen LogP contribution is -2.31. The summed E-state index contributed by atoms with van der Waals surface area (Å²) >= 11 is 0. The fourth-order valence-corrected chi connectivity index (χ4v) is 5.37. The number of nitrogens with zero attached hydrogens (tertiary/aromatic N) is 3. The second-order valence-electron chi connectivity index (χ2n) is 6.39. The van der Waals surface area contributed by atoms with E-state index in [1.807, 2.05) is 31.2 Å². The number of pyridine rings is 2. The minimum atomic E-state index is -3.63. The van der Waals surface area contributed by atoms with Gasteiger partial charge in [0.15, 0.2) is 0 Å². The molecule has 0 spiro atoms. The Morgan fingerprint density at radius 3 is 2.76 bits per heavy atom. The zero-order valence-electron chi connectivity index (χ0n) is 14.0. The van der Waals surface area contributed by atoms with E-state index in [-0.39, 0.29) is 10.9 Å². The van der Waals surface area contributed by atoms with Crippen LogP contribution in [0.3, 0.4) is 0 Å². The van der Waals surface area contributed by atoms with Crippen molar-refractivity contribution < 1.29 is 8.42 Å². The normalized spacial score (nSPS) is 18.7. The van der Waals surface area contributed by atoms with Crippen LogP contribution in [-0.4, -0.2) is 29.2 Å². The Labute approximate surface area is 147 Å². The molecule has 0 N–H and O–H groups in total. The van der Waals surface area contributed by atoms with Gasteiger partial charge in [-0.25, -0.2) is 8.42 Å². The Morgan fingerprint density at radius 1 is 1.16 bits per heavy atom. The highest BCUT2D eigenvalue weighted by molar-refractivity contribution is 7.89. The summed E-state index contributed by atoms with van der Waals surface area (Å²) in [6, 6.07) is 10.9. The third-order valence-corrected chi connectivity index (χ3v) is 6.63. The molecule has 25 heavy (non-hydrogen) atoms. The molecule has 128 valence electrons. The van der Waals surface area contributed by atoms with Crippen molar-refractivity contribution in [3.8, 4) is 0 Å². The van der Waals surface area contributed by atoms with Gasteiger partial charge in [-0.1, -0.05) is 12.1 Å². The smallest absolute Gasteiger partial charge is 0.245 e. The Kier molecular flexibility index (Phi) is 4.01. The average molecular weight is 353 g/mol. The lowest BCUT2D eigenvalue weighted by molar-refractivity contribution is 0.397. The molecule has 3 heterocycles. The van der Waals surface area contributed by atoms with Crippen molar-refractivity contribution in [2.75, 3.05) is 6.54 Å². The molecule has 1 unspecified atom stereocenters. The van der Waals surface area contributed by atoms with Crippen molar-refractivity contribution in [3.05, 3.63) is 66.1 Å². The second kappa shape index (κ2) is 6.20. The molecular formula is C19H19N3O2S. The molecule has 2 aromatic heterocycles. The molecule has 1 aliphatic rings. The fraction of sp³-hybridized carbons (Fsp3) is 0.263. The maximum atomic E-state index is 13.4. The fourth-order valence-electron chi connectivity index (χ4n) is 3.52. The van der Waals surface area contributed by atoms with E-state index in [9.17, 15) is 8.42 Å². The number of aromatic nitrogens is 2. The van der Waals surface area contributed by atoms with Crippen molar-refractivity contribution >= 4 is 20.9 Å². The number of fused-ring (bicyclic) bond motifs is 1. The highest BCUT2D eigenvalue weighted by Gasteiger charge is 2.37. The summed E-state index contributed by atoms with van der Waals surface area (Å²) in [5, 5.41) is 0.848. The standard InChI is InChI=1S/C19H19N3O2S/c1-14-12-16-4-2-6-18(19(16)21-13-14)25(23,24)22-11-3-5-17(22)15-7-9-20-10-8-15/h2,4,6-10,12-13,17H,3,5,11H2,1H3. The van der Waals surface area contributed by atoms with Gasteiger partial charge in [0.2, 0.25) is 10.0 Å². The predicted molar refractivity (Wildman–Crippen MR) is 96.6 cm³/mol. The molecule has 0 amide bonds. The zero-order valence-corrected chi connectivity index (χ0v) is 14.8. The Hall–Kier alpha value is -2.31. The van der Waals surface area contributed by atoms with Gasteiger partial charge < -0.3 is 0 Å². The maximum Gasteiger partial charge on any atom is 0.245 e. The van der Waals surface area contributed by atoms with E-state index < -0.39 is 10.0 Å². The van der Waals surface area contributed by atoms with E-state index in [0.717, 1.165) is 29.4 Å². The summed E-state index contributed by atoms with van der Waals surface area (Å²) in [5.74, 6) is 0. The SMILES string of the molecule is Cc1cnc2c(S(=O)(=O)N3CCCC3c3ccncc3)cccc2c1. The number of aryl methyl sites for hydroxylation is 1. The van der Waals surface area contributed by atoms with Crippen molar-refractivity contribution in [1.29, 1.82) is 0 Å². The highest BCUT2D eigenvalue weighted by atomic mass is 32.2. The molecule has 1 fully saturated rings. The van der Waals surface area contributed by atoms with E-state index >= 15 is 0 Å². The molecule has 0 saturated carbocycles. The van der Waals surface area contributed by atoms with Crippen LogP contribution in [0.5, 0.6) is 0 Å². The first-order valence-corrected chi connectivity index (χ1v) is 9.78. The van der Waals surface area contributed by atoms with E-state index in [0.29, 0.717) is 12.1 Å². The minimum absolute atomic E-state index is 0.145. The van der Waals surface area contributed by atoms with Gasteiger partial charge in [0, 0.05) is 30.5 Å². The molecular weight excluding hydrogens is 334 g/mol. The largest absolute Gasteiger partial charge is 0.265 e. The van der Waals surface area contributed by atoms with E-state index in [1.165, 1.54) is 0 Å². The minimum Gasteiger partial charge on any atom is -0.265 e. The summed E-state index contributed by atoms with van der Waals surface area (Å²) < 4.78 is 28.4. The summed E-state index contributed by atoms with van der Waals surface area (Å²) in [4.78, 5) is 8.72. The molecule has 0 radical (unpaired) electrons. The molecule has 3 aromatic rings. The van der Waals surface area contributed by atoms with Crippen LogP contribution < -0.4 is 0 Å². The molecule has 1 aromatic carbocycles. The van der Waals surface area contributed by atoms with Gasteiger partial charge in [-0.2, -0.15) is 4.31 Å². The molecule has 1 atom stereocenters. The molecule has 4 rings (SSSR count). The number of para-hydroxylation sites is 1. The van der Waals surface area contributed by atoms with Crippen LogP contribution in [0.25, 0.3) is 10.9 Å². The van der Waals surface area contributed by atoms with Crippen LogP contribution >= 0.6 is 0 Å². The van der Waals surface area contributed by atoms with Crippen LogP contribution in [0.1, 0.15) is 30.0 Å². The van der Waals surface area contributed by atoms with Crippen LogP contribution in [0.2, 0.25) is 0 Å². The zero-order chi connectivity index (χ0) is 17.4. The molecule has 0 bridgehead atoms. The highest BCUT2D eigenvalue weighted by Crippen LogP contribution is 2.37. The van der Waals surface area contributed by atoms with E-state index in [1.54, 1.807) is 35.0 Å². The van der Waals surface area contributed by atoms with Crippen LogP contribution in [0, 0.1) is 6.92 Å². The Bertz CT molecular complexity index is 1020. The average Bonchev–Trinajstić information content (AvgIpc) is 3.12. The van der Waals surface area contributed by atoms with Crippen LogP contribution in [-0.2, 0) is 10.0 Å². The van der Waals surface area contributed by atoms with Gasteiger partial charge >= 0.3 is 0 Å². The number of sulfonamides is 1. The third-order valence-electron chi connectivity index (χ3n) is 4.69. The van der Waals surface area contributed by atoms with Crippen LogP contribution in [0.4, 0.5) is 0 Å². The monoisotopic (exact) mass is 353 g/mol. The lowest BCUT2D eigenvalue weighted by Gasteiger charge is -2.24. The third kappa shape index (κ3) is 2.81. The van der Waals surface area contributed by atoms with Crippen molar-refractivity contribution in [1.82, 2.24) is 14.3 Å². The maximum absolute atomic E-state index is 13.4. The van der Waals surface area contributed by atoms with Crippen molar-refractivity contribution in [3.63, 3.8) is 0 Å². The first kappa shape index (κ1) is 16.2. The second-order valence-corrected chi connectivity index (χ2v) is 8.25. The summed E-state index contributed by atoms with van der Waals surface area (Å²) in [6.07, 6.45) is 6.80. The van der Waals surface area contributed by atoms with Gasteiger partial charge in [0.05, 0.1) is 11.6 Å². The predicted octanol–water partition coefficient (Wildman–Crippen LogP) is 3.46. The number of hydrogen-bond acceptors (Lipinski definition) is 4. The summed E-state index contributed by atoms with van der Waals surface area (Å²) in [5.41, 5.74) is 2.53. The summed E-state index contributed by atoms with van der Waals surface area (Å²) in [6.45, 7) is 2.48. The van der Waals surface area contributed by atoms with E-state index in [4.69, 9.17) is 0 Å². The lowest BCUT2D eigenvalue weighted by atomic mass is 10.1. The van der Waals surface area contributed by atoms with Crippen molar-refractivity contribution in [2.45, 2.75) is 30.7 Å². The first-order chi connectivity index (χ1) is 12.1. The number of benzene rings is 1. The van der Waals surface area contributed by atoms with E-state index in [2.05, 4.69) is 9.97 Å². The van der Waals surface area contributed by atoms with Crippen LogP contribution in [0.15, 0.2) is 59.9 Å². The summed E-state index contributed by atoms with van der Waals surface area (Å²) in [7, 11) is -3.63. The van der Waals surface area contributed by atoms with Gasteiger partial charge in [-0.3, -0.25) is 9.97 Å². The topological polar surface area (TPSA) is 63.2 Å². The molecule has 5 nitrogen and oxygen atoms in total. The quantitative estimate of drug-likeness (QED) is 0.723. The number of rotatable bonds is 3. The van der Waals surface area contributed by atoms with Gasteiger partial charge in [-0.05, 0) is 55.2 Å². The first-order valence-electron chi connectivity index (χ1n) is 8.34. The Morgan fingerprint density at radius 2 is 1.96 bits per heavy atom. The molecule has 0 aliphatic carbocycles. The number of hydrogen-bond donors (Lipinski definition) is 0. The van der Waals surface area contributed by atoms with Gasteiger partial charge in [0.25, 0.3) is 0 Å².